The van der Waals surface area contributed by atoms with Gasteiger partial charge in [0.2, 0.25) is 0 Å². The Labute approximate surface area is 212 Å². The number of aromatic nitrogens is 1. The lowest BCUT2D eigenvalue weighted by Crippen LogP contribution is -2.53. The van der Waals surface area contributed by atoms with Gasteiger partial charge in [0.1, 0.15) is 6.67 Å². The molecule has 0 spiro atoms. The molecule has 2 aromatic carbocycles. The third kappa shape index (κ3) is 4.77. The smallest absolute Gasteiger partial charge is 0.115 e. The van der Waals surface area contributed by atoms with Crippen molar-refractivity contribution < 1.29 is 0 Å². The predicted octanol–water partition coefficient (Wildman–Crippen LogP) is 5.88. The van der Waals surface area contributed by atoms with E-state index in [2.05, 4.69) is 83.5 Å². The van der Waals surface area contributed by atoms with Crippen LogP contribution in [0.15, 0.2) is 58.8 Å². The SMILES string of the molecule is Cc1ccc2c(C3=NCN(c4cc(CN5C[C@@H](C)N[C@@H](C)C5)cc(C5CC5)c4)C=C3Cl)c[nH]c2c1. The number of aryl methyl sites for hydroxylation is 1. The third-order valence-corrected chi connectivity index (χ3v) is 7.67. The second kappa shape index (κ2) is 9.12. The van der Waals surface area contributed by atoms with Crippen molar-refractivity contribution in [3.63, 3.8) is 0 Å². The molecular formula is C29H34ClN5. The summed E-state index contributed by atoms with van der Waals surface area (Å²) in [5.74, 6) is 0.701. The van der Waals surface area contributed by atoms with E-state index in [-0.39, 0.29) is 0 Å². The molecule has 2 fully saturated rings. The molecule has 3 heterocycles. The van der Waals surface area contributed by atoms with Crippen molar-refractivity contribution in [1.82, 2.24) is 15.2 Å². The standard InChI is InChI=1S/C29H34ClN5/c1-18-4-7-25-26(12-31-28(25)8-18)29-27(30)16-35(17-32-29)24-10-21(9-23(11-24)22-5-6-22)15-34-13-19(2)33-20(3)14-34/h4,7-12,16,19-20,22,31,33H,5-6,13-15,17H2,1-3H3/t19-,20+. The Hall–Kier alpha value is -2.60. The third-order valence-electron chi connectivity index (χ3n) is 7.39. The summed E-state index contributed by atoms with van der Waals surface area (Å²) in [7, 11) is 0. The number of allylic oxidation sites excluding steroid dienone is 1. The monoisotopic (exact) mass is 487 g/mol. The molecule has 1 aromatic heterocycles. The van der Waals surface area contributed by atoms with Crippen LogP contribution in [0.2, 0.25) is 0 Å². The van der Waals surface area contributed by atoms with Crippen LogP contribution in [0, 0.1) is 6.92 Å². The van der Waals surface area contributed by atoms with Gasteiger partial charge in [0.15, 0.2) is 0 Å². The molecule has 6 heteroatoms. The van der Waals surface area contributed by atoms with Gasteiger partial charge in [-0.25, -0.2) is 0 Å². The number of hydrogen-bond acceptors (Lipinski definition) is 4. The Morgan fingerprint density at radius 3 is 2.60 bits per heavy atom. The van der Waals surface area contributed by atoms with Crippen LogP contribution in [0.1, 0.15) is 54.9 Å². The molecule has 3 aromatic rings. The molecule has 3 aliphatic rings. The maximum absolute atomic E-state index is 6.85. The number of anilines is 1. The zero-order valence-corrected chi connectivity index (χ0v) is 21.6. The number of aliphatic imine (C=N–C) groups is 1. The molecule has 2 N–H and O–H groups in total. The van der Waals surface area contributed by atoms with Crippen molar-refractivity contribution in [2.24, 2.45) is 4.99 Å². The first-order valence-electron chi connectivity index (χ1n) is 12.8. The van der Waals surface area contributed by atoms with Crippen molar-refractivity contribution in [3.8, 4) is 0 Å². The van der Waals surface area contributed by atoms with Gasteiger partial charge in [-0.05, 0) is 74.4 Å². The number of aromatic amines is 1. The Bertz CT molecular complexity index is 1310. The number of nitrogens with one attached hydrogen (secondary N) is 2. The van der Waals surface area contributed by atoms with Crippen LogP contribution in [-0.4, -0.2) is 47.4 Å². The van der Waals surface area contributed by atoms with Crippen LogP contribution in [-0.2, 0) is 6.54 Å². The van der Waals surface area contributed by atoms with E-state index in [1.807, 2.05) is 6.20 Å². The van der Waals surface area contributed by atoms with Gasteiger partial charge in [0, 0.05) is 66.3 Å². The van der Waals surface area contributed by atoms with Gasteiger partial charge in [-0.2, -0.15) is 0 Å². The topological polar surface area (TPSA) is 46.7 Å². The summed E-state index contributed by atoms with van der Waals surface area (Å²) in [6, 6.07) is 14.6. The second-order valence-electron chi connectivity index (χ2n) is 10.7. The van der Waals surface area contributed by atoms with E-state index in [9.17, 15) is 0 Å². The van der Waals surface area contributed by atoms with E-state index in [0.717, 1.165) is 41.8 Å². The molecule has 6 rings (SSSR count). The summed E-state index contributed by atoms with van der Waals surface area (Å²) < 4.78 is 0. The van der Waals surface area contributed by atoms with E-state index >= 15 is 0 Å². The molecular weight excluding hydrogens is 454 g/mol. The van der Waals surface area contributed by atoms with Crippen molar-refractivity contribution >= 4 is 33.9 Å². The molecule has 0 amide bonds. The number of hydrogen-bond donors (Lipinski definition) is 2. The molecule has 35 heavy (non-hydrogen) atoms. The summed E-state index contributed by atoms with van der Waals surface area (Å²) in [5, 5.41) is 5.48. The maximum Gasteiger partial charge on any atom is 0.115 e. The summed E-state index contributed by atoms with van der Waals surface area (Å²) in [6.07, 6.45) is 6.67. The van der Waals surface area contributed by atoms with Crippen molar-refractivity contribution in [2.75, 3.05) is 24.7 Å². The molecule has 2 atom stereocenters. The Kier molecular flexibility index (Phi) is 5.95. The molecule has 1 aliphatic carbocycles. The lowest BCUT2D eigenvalue weighted by Gasteiger charge is -2.36. The van der Waals surface area contributed by atoms with Crippen LogP contribution in [0.25, 0.3) is 10.9 Å². The fraction of sp³-hybridized carbons (Fsp3) is 0.414. The summed E-state index contributed by atoms with van der Waals surface area (Å²) in [6.45, 7) is 10.4. The van der Waals surface area contributed by atoms with Crippen LogP contribution >= 0.6 is 11.6 Å². The van der Waals surface area contributed by atoms with Gasteiger partial charge in [-0.3, -0.25) is 9.89 Å². The highest BCUT2D eigenvalue weighted by Crippen LogP contribution is 2.42. The fourth-order valence-corrected chi connectivity index (χ4v) is 5.98. The molecule has 1 saturated heterocycles. The minimum atomic E-state index is 0.523. The normalized spacial score (nSPS) is 23.5. The Balaban J connectivity index is 1.27. The van der Waals surface area contributed by atoms with Gasteiger partial charge >= 0.3 is 0 Å². The zero-order valence-electron chi connectivity index (χ0n) is 20.8. The number of nitrogens with zero attached hydrogens (tertiary/aromatic N) is 3. The molecule has 182 valence electrons. The largest absolute Gasteiger partial charge is 0.360 e. The highest BCUT2D eigenvalue weighted by molar-refractivity contribution is 6.47. The zero-order chi connectivity index (χ0) is 24.1. The van der Waals surface area contributed by atoms with Gasteiger partial charge < -0.3 is 15.2 Å². The first-order valence-corrected chi connectivity index (χ1v) is 13.2. The molecule has 2 aliphatic heterocycles. The Morgan fingerprint density at radius 1 is 1.06 bits per heavy atom. The average Bonchev–Trinajstić information content (AvgIpc) is 3.59. The van der Waals surface area contributed by atoms with E-state index in [1.165, 1.54) is 35.2 Å². The summed E-state index contributed by atoms with van der Waals surface area (Å²) >= 11 is 6.85. The Morgan fingerprint density at radius 2 is 1.86 bits per heavy atom. The number of rotatable bonds is 5. The minimum absolute atomic E-state index is 0.523. The first-order chi connectivity index (χ1) is 16.9. The number of benzene rings is 2. The van der Waals surface area contributed by atoms with E-state index in [1.54, 1.807) is 0 Å². The quantitative estimate of drug-likeness (QED) is 0.472. The first kappa shape index (κ1) is 22.8. The summed E-state index contributed by atoms with van der Waals surface area (Å²) in [5.41, 5.74) is 8.32. The molecule has 0 unspecified atom stereocenters. The minimum Gasteiger partial charge on any atom is -0.360 e. The highest BCUT2D eigenvalue weighted by Gasteiger charge is 2.27. The highest BCUT2D eigenvalue weighted by atomic mass is 35.5. The number of fused-ring (bicyclic) bond motifs is 1. The maximum atomic E-state index is 6.85. The van der Waals surface area contributed by atoms with E-state index in [0.29, 0.717) is 29.7 Å². The number of piperazine rings is 1. The van der Waals surface area contributed by atoms with Crippen LogP contribution in [0.5, 0.6) is 0 Å². The van der Waals surface area contributed by atoms with E-state index < -0.39 is 0 Å². The van der Waals surface area contributed by atoms with Crippen molar-refractivity contribution in [1.29, 1.82) is 0 Å². The van der Waals surface area contributed by atoms with Crippen LogP contribution in [0.4, 0.5) is 5.69 Å². The molecule has 0 bridgehead atoms. The summed E-state index contributed by atoms with van der Waals surface area (Å²) in [4.78, 5) is 13.1. The van der Waals surface area contributed by atoms with Crippen LogP contribution in [0.3, 0.4) is 0 Å². The van der Waals surface area contributed by atoms with Gasteiger partial charge in [0.25, 0.3) is 0 Å². The lowest BCUT2D eigenvalue weighted by atomic mass is 10.0. The van der Waals surface area contributed by atoms with Crippen molar-refractivity contribution in [3.05, 3.63) is 76.1 Å². The molecule has 0 radical (unpaired) electrons. The van der Waals surface area contributed by atoms with Gasteiger partial charge in [-0.15, -0.1) is 0 Å². The molecule has 1 saturated carbocycles. The molecule has 5 nitrogen and oxygen atoms in total. The lowest BCUT2D eigenvalue weighted by molar-refractivity contribution is 0.166. The van der Waals surface area contributed by atoms with Gasteiger partial charge in [-0.1, -0.05) is 29.8 Å². The average molecular weight is 488 g/mol. The van der Waals surface area contributed by atoms with E-state index in [4.69, 9.17) is 16.6 Å². The fourth-order valence-electron chi connectivity index (χ4n) is 5.70. The number of H-pyrrole nitrogens is 1. The van der Waals surface area contributed by atoms with Gasteiger partial charge in [0.05, 0.1) is 10.7 Å². The number of halogens is 1. The van der Waals surface area contributed by atoms with Crippen molar-refractivity contribution in [2.45, 2.75) is 58.2 Å². The van der Waals surface area contributed by atoms with Crippen LogP contribution < -0.4 is 10.2 Å². The predicted molar refractivity (Wildman–Crippen MR) is 147 cm³/mol. The second-order valence-corrected chi connectivity index (χ2v) is 11.1.